The van der Waals surface area contributed by atoms with Crippen molar-refractivity contribution in [1.82, 2.24) is 24.3 Å². The second-order valence-electron chi connectivity index (χ2n) is 11.2. The highest BCUT2D eigenvalue weighted by molar-refractivity contribution is 6.09. The van der Waals surface area contributed by atoms with Crippen LogP contribution in [0.2, 0.25) is 0 Å². The molecule has 0 fully saturated rings. The molecule has 0 aliphatic heterocycles. The van der Waals surface area contributed by atoms with E-state index >= 15 is 0 Å². The predicted octanol–water partition coefficient (Wildman–Crippen LogP) is 9.65. The van der Waals surface area contributed by atoms with Gasteiger partial charge < -0.3 is 0 Å². The molecular weight excluding hydrogens is 550 g/mol. The second kappa shape index (κ2) is 10.2. The summed E-state index contributed by atoms with van der Waals surface area (Å²) in [5.41, 5.74) is 10.8. The van der Waals surface area contributed by atoms with Gasteiger partial charge in [0, 0.05) is 39.0 Å². The number of hydrogen-bond donors (Lipinski definition) is 0. The molecule has 5 heteroatoms. The number of aromatic nitrogens is 5. The minimum absolute atomic E-state index is 0.705. The third-order valence-corrected chi connectivity index (χ3v) is 8.42. The topological polar surface area (TPSA) is 56.0 Å². The molecule has 4 aromatic heterocycles. The Balaban J connectivity index is 1.18. The Morgan fingerprint density at radius 1 is 0.400 bits per heavy atom. The molecule has 0 saturated carbocycles. The van der Waals surface area contributed by atoms with Crippen molar-refractivity contribution in [3.05, 3.63) is 152 Å². The number of fused-ring (bicyclic) bond motifs is 6. The average molecular weight is 576 g/mol. The normalized spacial score (nSPS) is 11.6. The molecule has 9 rings (SSSR count). The minimum Gasteiger partial charge on any atom is -0.284 e. The zero-order valence-corrected chi connectivity index (χ0v) is 24.2. The van der Waals surface area contributed by atoms with Crippen molar-refractivity contribution in [2.45, 2.75) is 0 Å². The molecule has 45 heavy (non-hydrogen) atoms. The van der Waals surface area contributed by atoms with Crippen LogP contribution >= 0.6 is 0 Å². The van der Waals surface area contributed by atoms with Gasteiger partial charge in [0.2, 0.25) is 0 Å². The molecule has 9 aromatic rings. The molecule has 0 amide bonds. The lowest BCUT2D eigenvalue weighted by molar-refractivity contribution is 1.19. The fourth-order valence-electron chi connectivity index (χ4n) is 6.23. The Labute approximate surface area is 259 Å². The van der Waals surface area contributed by atoms with Gasteiger partial charge in [0.25, 0.3) is 0 Å². The monoisotopic (exact) mass is 575 g/mol. The zero-order valence-electron chi connectivity index (χ0n) is 24.2. The van der Waals surface area contributed by atoms with Crippen LogP contribution in [0.25, 0.3) is 83.5 Å². The molecule has 210 valence electrons. The first-order chi connectivity index (χ1) is 22.3. The smallest absolute Gasteiger partial charge is 0.165 e. The number of hydrogen-bond acceptors (Lipinski definition) is 4. The first-order valence-corrected chi connectivity index (χ1v) is 15.0. The maximum Gasteiger partial charge on any atom is 0.165 e. The Morgan fingerprint density at radius 2 is 1.04 bits per heavy atom. The maximum atomic E-state index is 5.18. The summed E-state index contributed by atoms with van der Waals surface area (Å²) in [5, 5.41) is 3.19. The molecular formula is C40H25N5. The Hall–Kier alpha value is -6.20. The van der Waals surface area contributed by atoms with Crippen LogP contribution < -0.4 is 0 Å². The second-order valence-corrected chi connectivity index (χ2v) is 11.2. The van der Waals surface area contributed by atoms with Crippen LogP contribution in [-0.4, -0.2) is 24.3 Å². The fraction of sp³-hybridized carbons (Fsp3) is 0. The molecule has 0 aliphatic rings. The highest BCUT2D eigenvalue weighted by Crippen LogP contribution is 2.35. The molecule has 0 bridgehead atoms. The lowest BCUT2D eigenvalue weighted by Crippen LogP contribution is -1.96. The van der Waals surface area contributed by atoms with E-state index in [9.17, 15) is 0 Å². The molecule has 0 N–H and O–H groups in total. The Morgan fingerprint density at radius 3 is 1.87 bits per heavy atom. The largest absolute Gasteiger partial charge is 0.284 e. The molecule has 5 aromatic carbocycles. The van der Waals surface area contributed by atoms with Crippen LogP contribution in [0.15, 0.2) is 152 Å². The molecule has 0 atom stereocenters. The lowest BCUT2D eigenvalue weighted by Gasteiger charge is -2.12. The van der Waals surface area contributed by atoms with Crippen molar-refractivity contribution in [2.24, 2.45) is 0 Å². The van der Waals surface area contributed by atoms with Gasteiger partial charge in [-0.05, 0) is 35.4 Å². The first-order valence-electron chi connectivity index (χ1n) is 15.0. The van der Waals surface area contributed by atoms with Gasteiger partial charge in [0.05, 0.1) is 16.9 Å². The molecule has 0 saturated heterocycles. The van der Waals surface area contributed by atoms with Gasteiger partial charge in [0.15, 0.2) is 11.5 Å². The van der Waals surface area contributed by atoms with Crippen LogP contribution in [0.4, 0.5) is 0 Å². The summed E-state index contributed by atoms with van der Waals surface area (Å²) in [5.74, 6) is 0.705. The highest BCUT2D eigenvalue weighted by Gasteiger charge is 2.16. The molecule has 5 nitrogen and oxygen atoms in total. The van der Waals surface area contributed by atoms with Crippen LogP contribution in [0.3, 0.4) is 0 Å². The zero-order chi connectivity index (χ0) is 29.7. The van der Waals surface area contributed by atoms with Crippen LogP contribution in [0, 0.1) is 0 Å². The van der Waals surface area contributed by atoms with E-state index in [0.29, 0.717) is 5.82 Å². The van der Waals surface area contributed by atoms with Crippen molar-refractivity contribution in [2.75, 3.05) is 0 Å². The van der Waals surface area contributed by atoms with E-state index in [1.54, 1.807) is 0 Å². The van der Waals surface area contributed by atoms with Crippen molar-refractivity contribution in [3.63, 3.8) is 0 Å². The molecule has 0 radical (unpaired) electrons. The number of rotatable bonds is 4. The first kappa shape index (κ1) is 25.3. The van der Waals surface area contributed by atoms with E-state index in [0.717, 1.165) is 72.1 Å². The summed E-state index contributed by atoms with van der Waals surface area (Å²) in [4.78, 5) is 20.2. The summed E-state index contributed by atoms with van der Waals surface area (Å²) in [6.45, 7) is 0. The van der Waals surface area contributed by atoms with Crippen molar-refractivity contribution >= 4 is 38.5 Å². The van der Waals surface area contributed by atoms with Crippen molar-refractivity contribution in [1.29, 1.82) is 0 Å². The van der Waals surface area contributed by atoms with E-state index in [4.69, 9.17) is 19.9 Å². The van der Waals surface area contributed by atoms with E-state index in [1.165, 1.54) is 5.56 Å². The maximum absolute atomic E-state index is 5.18. The van der Waals surface area contributed by atoms with Gasteiger partial charge >= 0.3 is 0 Å². The Kier molecular flexibility index (Phi) is 5.74. The SMILES string of the molecule is c1ccc(-c2cccc(-c3nc(-c4ccc(-c5nc6c(nc7ccccn76)c6ccccc56)cc4)c4ccccc4n3)c2)cc1. The predicted molar refractivity (Wildman–Crippen MR) is 183 cm³/mol. The molecule has 0 spiro atoms. The quantitative estimate of drug-likeness (QED) is 0.210. The molecule has 0 aliphatic carbocycles. The van der Waals surface area contributed by atoms with E-state index in [2.05, 4.69) is 114 Å². The van der Waals surface area contributed by atoms with Gasteiger partial charge in [0.1, 0.15) is 11.2 Å². The number of pyridine rings is 2. The van der Waals surface area contributed by atoms with Gasteiger partial charge in [-0.25, -0.2) is 19.9 Å². The fourth-order valence-corrected chi connectivity index (χ4v) is 6.23. The number of imidazole rings is 1. The summed E-state index contributed by atoms with van der Waals surface area (Å²) >= 11 is 0. The lowest BCUT2D eigenvalue weighted by atomic mass is 9.99. The third-order valence-electron chi connectivity index (χ3n) is 8.42. The molecule has 0 unspecified atom stereocenters. The van der Waals surface area contributed by atoms with Gasteiger partial charge in [-0.15, -0.1) is 0 Å². The minimum atomic E-state index is 0.705. The summed E-state index contributed by atoms with van der Waals surface area (Å²) in [6.07, 6.45) is 2.02. The highest BCUT2D eigenvalue weighted by atomic mass is 15.1. The van der Waals surface area contributed by atoms with Gasteiger partial charge in [-0.3, -0.25) is 4.40 Å². The summed E-state index contributed by atoms with van der Waals surface area (Å²) in [6, 6.07) is 50.1. The molecule has 4 heterocycles. The standard InChI is InChI=1S/C40H25N5/c1-2-11-26(12-3-1)29-13-10-14-30(25-29)39-41-34-18-7-6-17-33(34)37(43-39)28-22-20-27(21-23-28)36-31-15-4-5-16-32(31)38-40(44-36)45-24-9-8-19-35(45)42-38/h1-25H. The van der Waals surface area contributed by atoms with E-state index in [1.807, 2.05) is 42.6 Å². The van der Waals surface area contributed by atoms with Gasteiger partial charge in [-0.2, -0.15) is 0 Å². The van der Waals surface area contributed by atoms with E-state index in [-0.39, 0.29) is 0 Å². The number of benzene rings is 5. The van der Waals surface area contributed by atoms with Crippen molar-refractivity contribution < 1.29 is 0 Å². The summed E-state index contributed by atoms with van der Waals surface area (Å²) < 4.78 is 2.06. The number of para-hydroxylation sites is 1. The van der Waals surface area contributed by atoms with Gasteiger partial charge in [-0.1, -0.05) is 121 Å². The third kappa shape index (κ3) is 4.25. The number of nitrogens with zero attached hydrogens (tertiary/aromatic N) is 5. The summed E-state index contributed by atoms with van der Waals surface area (Å²) in [7, 11) is 0. The van der Waals surface area contributed by atoms with E-state index < -0.39 is 0 Å². The Bertz CT molecular complexity index is 2530. The van der Waals surface area contributed by atoms with Crippen LogP contribution in [0.5, 0.6) is 0 Å². The van der Waals surface area contributed by atoms with Crippen LogP contribution in [-0.2, 0) is 0 Å². The average Bonchev–Trinajstić information content (AvgIpc) is 3.50. The van der Waals surface area contributed by atoms with Crippen LogP contribution in [0.1, 0.15) is 0 Å². The van der Waals surface area contributed by atoms with Crippen molar-refractivity contribution in [3.8, 4) is 45.0 Å².